The second-order valence-corrected chi connectivity index (χ2v) is 19.2. The minimum Gasteiger partial charge on any atom is -0.454 e. The Hall–Kier alpha value is -6.69. The molecule has 63 heavy (non-hydrogen) atoms. The van der Waals surface area contributed by atoms with Crippen molar-refractivity contribution in [2.75, 3.05) is 7.05 Å². The van der Waals surface area contributed by atoms with Gasteiger partial charge in [-0.25, -0.2) is 4.99 Å². The smallest absolute Gasteiger partial charge is 0.174 e. The van der Waals surface area contributed by atoms with Crippen LogP contribution in [0.4, 0.5) is 5.69 Å². The van der Waals surface area contributed by atoms with Gasteiger partial charge < -0.3 is 13.9 Å². The average Bonchev–Trinajstić information content (AvgIpc) is 3.92. The Balaban J connectivity index is 0.954. The van der Waals surface area contributed by atoms with E-state index in [0.717, 1.165) is 52.0 Å². The number of allylic oxidation sites excluding steroid dienone is 7. The second-order valence-electron chi connectivity index (χ2n) is 18.4. The number of aromatic nitrogens is 1. The molecular formula is C58H44BrN3O. The number of furan rings is 1. The maximum Gasteiger partial charge on any atom is 0.174 e. The largest absolute Gasteiger partial charge is 0.454 e. The van der Waals surface area contributed by atoms with Gasteiger partial charge in [0.05, 0.1) is 10.9 Å². The number of amidine groups is 1. The Morgan fingerprint density at radius 2 is 1.33 bits per heavy atom. The fraction of sp³-hybridized carbons (Fsp3) is 0.155. The monoisotopic (exact) mass is 877 g/mol. The van der Waals surface area contributed by atoms with Crippen LogP contribution < -0.4 is 0 Å². The molecule has 5 heteroatoms. The van der Waals surface area contributed by atoms with Gasteiger partial charge in [-0.15, -0.1) is 0 Å². The third kappa shape index (κ3) is 5.29. The summed E-state index contributed by atoms with van der Waals surface area (Å²) in [4.78, 5) is 7.93. The number of para-hydroxylation sites is 1. The van der Waals surface area contributed by atoms with E-state index in [9.17, 15) is 0 Å². The molecule has 0 amide bonds. The van der Waals surface area contributed by atoms with Crippen LogP contribution >= 0.6 is 15.9 Å². The molecule has 0 saturated heterocycles. The summed E-state index contributed by atoms with van der Waals surface area (Å²) in [7, 11) is 2.19. The van der Waals surface area contributed by atoms with E-state index < -0.39 is 0 Å². The van der Waals surface area contributed by atoms with Crippen LogP contribution in [0.2, 0.25) is 0 Å². The molecule has 1 aliphatic heterocycles. The van der Waals surface area contributed by atoms with Crippen molar-refractivity contribution < 1.29 is 4.42 Å². The lowest BCUT2D eigenvalue weighted by atomic mass is 9.70. The molecule has 13 rings (SSSR count). The van der Waals surface area contributed by atoms with E-state index in [1.807, 2.05) is 0 Å². The third-order valence-corrected chi connectivity index (χ3v) is 15.6. The number of rotatable bonds is 4. The molecule has 304 valence electrons. The topological polar surface area (TPSA) is 33.7 Å². The molecule has 4 nitrogen and oxygen atoms in total. The van der Waals surface area contributed by atoms with Gasteiger partial charge in [-0.05, 0) is 103 Å². The van der Waals surface area contributed by atoms with Crippen LogP contribution in [0.5, 0.6) is 0 Å². The molecule has 2 aromatic heterocycles. The molecule has 7 aromatic carbocycles. The molecule has 9 aromatic rings. The first-order chi connectivity index (χ1) is 30.8. The summed E-state index contributed by atoms with van der Waals surface area (Å²) in [6.45, 7) is 4.87. The van der Waals surface area contributed by atoms with Gasteiger partial charge in [-0.1, -0.05) is 181 Å². The molecule has 0 spiro atoms. The van der Waals surface area contributed by atoms with Gasteiger partial charge in [0.25, 0.3) is 0 Å². The number of nitrogens with zero attached hydrogens (tertiary/aromatic N) is 3. The van der Waals surface area contributed by atoms with E-state index in [4.69, 9.17) is 9.41 Å². The summed E-state index contributed by atoms with van der Waals surface area (Å²) in [5.41, 5.74) is 12.2. The van der Waals surface area contributed by atoms with Crippen LogP contribution in [0.3, 0.4) is 0 Å². The molecule has 0 fully saturated rings. The zero-order chi connectivity index (χ0) is 42.1. The fourth-order valence-electron chi connectivity index (χ4n) is 11.7. The Bertz CT molecular complexity index is 3600. The van der Waals surface area contributed by atoms with Gasteiger partial charge in [0, 0.05) is 34.1 Å². The molecule has 0 N–H and O–H groups in total. The number of benzene rings is 7. The van der Waals surface area contributed by atoms with E-state index in [2.05, 4.69) is 216 Å². The number of halogens is 1. The molecule has 3 unspecified atom stereocenters. The van der Waals surface area contributed by atoms with Crippen LogP contribution in [-0.4, -0.2) is 22.4 Å². The van der Waals surface area contributed by atoms with Crippen LogP contribution in [0, 0.1) is 17.3 Å². The highest BCUT2D eigenvalue weighted by molar-refractivity contribution is 9.12. The zero-order valence-electron chi connectivity index (χ0n) is 35.4. The maximum atomic E-state index is 7.05. The van der Waals surface area contributed by atoms with E-state index in [-0.39, 0.29) is 17.5 Å². The van der Waals surface area contributed by atoms with Crippen LogP contribution in [0.1, 0.15) is 54.6 Å². The fourth-order valence-corrected chi connectivity index (χ4v) is 12.8. The number of fused-ring (bicyclic) bond motifs is 11. The molecule has 4 aliphatic rings. The Morgan fingerprint density at radius 3 is 2.10 bits per heavy atom. The first kappa shape index (κ1) is 36.9. The Kier molecular flexibility index (Phi) is 8.00. The van der Waals surface area contributed by atoms with Crippen molar-refractivity contribution in [2.24, 2.45) is 22.2 Å². The summed E-state index contributed by atoms with van der Waals surface area (Å²) >= 11 is 4.22. The Morgan fingerprint density at radius 1 is 0.698 bits per heavy atom. The van der Waals surface area contributed by atoms with E-state index >= 15 is 0 Å². The van der Waals surface area contributed by atoms with Crippen LogP contribution in [0.25, 0.3) is 65.8 Å². The van der Waals surface area contributed by atoms with Crippen LogP contribution in [-0.2, 0) is 6.42 Å². The van der Waals surface area contributed by atoms with Crippen molar-refractivity contribution >= 4 is 93.3 Å². The molecule has 0 saturated carbocycles. The summed E-state index contributed by atoms with van der Waals surface area (Å²) in [6.07, 6.45) is 11.5. The van der Waals surface area contributed by atoms with Gasteiger partial charge in [-0.2, -0.15) is 0 Å². The van der Waals surface area contributed by atoms with Crippen molar-refractivity contribution in [3.63, 3.8) is 0 Å². The van der Waals surface area contributed by atoms with Gasteiger partial charge in [0.15, 0.2) is 11.9 Å². The summed E-state index contributed by atoms with van der Waals surface area (Å²) in [6, 6.07) is 52.6. The average molecular weight is 879 g/mol. The highest BCUT2D eigenvalue weighted by Crippen LogP contribution is 2.60. The minimum atomic E-state index is -0.293. The highest BCUT2D eigenvalue weighted by Gasteiger charge is 2.46. The van der Waals surface area contributed by atoms with Gasteiger partial charge in [0.1, 0.15) is 17.1 Å². The Labute approximate surface area is 375 Å². The normalized spacial score (nSPS) is 20.3. The van der Waals surface area contributed by atoms with Crippen molar-refractivity contribution in [1.29, 1.82) is 0 Å². The molecule has 3 aliphatic carbocycles. The number of hydrogen-bond acceptors (Lipinski definition) is 3. The maximum absolute atomic E-state index is 7.05. The summed E-state index contributed by atoms with van der Waals surface area (Å²) in [5.74, 6) is 2.45. The van der Waals surface area contributed by atoms with E-state index in [1.165, 1.54) is 75.9 Å². The lowest BCUT2D eigenvalue weighted by Crippen LogP contribution is -2.38. The standard InChI is InChI=1S/C58H44BrN3O/c1-58(2)47-29-26-37(33-46(47)53(59)52(58)43-23-12-17-34-14-4-7-19-39(34)43)38-27-30-49-45(32-38)42-22-10-11-25-48(42)62(49)57-55-54(51-41-21-9-6-16-36(41)28-31-50(51)63-55)60-56(61(57)3)44-24-13-18-35-15-5-8-20-40(35)44/h4-28,30-31,33,38,47,57H,29,32H2,1-3H3. The van der Waals surface area contributed by atoms with E-state index in [1.54, 1.807) is 0 Å². The highest BCUT2D eigenvalue weighted by atomic mass is 79.9. The molecule has 0 radical (unpaired) electrons. The lowest BCUT2D eigenvalue weighted by molar-refractivity contribution is 0.282. The summed E-state index contributed by atoms with van der Waals surface area (Å²) < 4.78 is 10.8. The van der Waals surface area contributed by atoms with E-state index in [0.29, 0.717) is 5.92 Å². The predicted molar refractivity (Wildman–Crippen MR) is 266 cm³/mol. The molecular weight excluding hydrogens is 835 g/mol. The summed E-state index contributed by atoms with van der Waals surface area (Å²) in [5, 5.41) is 9.65. The predicted octanol–water partition coefficient (Wildman–Crippen LogP) is 15.3. The second kappa shape index (κ2) is 13.7. The minimum absolute atomic E-state index is 0.0260. The van der Waals surface area contributed by atoms with Gasteiger partial charge in [-0.3, -0.25) is 0 Å². The first-order valence-electron chi connectivity index (χ1n) is 22.2. The van der Waals surface area contributed by atoms with Crippen molar-refractivity contribution in [1.82, 2.24) is 9.47 Å². The lowest BCUT2D eigenvalue weighted by Gasteiger charge is -2.36. The quantitative estimate of drug-likeness (QED) is 0.176. The van der Waals surface area contributed by atoms with Gasteiger partial charge >= 0.3 is 0 Å². The van der Waals surface area contributed by atoms with Crippen molar-refractivity contribution in [3.8, 4) is 0 Å². The number of hydrogen-bond donors (Lipinski definition) is 0. The molecule has 0 bridgehead atoms. The van der Waals surface area contributed by atoms with Crippen molar-refractivity contribution in [3.05, 3.63) is 208 Å². The van der Waals surface area contributed by atoms with Gasteiger partial charge in [0.2, 0.25) is 0 Å². The zero-order valence-corrected chi connectivity index (χ0v) is 37.0. The molecule has 3 atom stereocenters. The number of aliphatic imine (C=N–C) groups is 1. The first-order valence-corrected chi connectivity index (χ1v) is 23.0. The molecule has 3 heterocycles. The third-order valence-electron chi connectivity index (χ3n) is 14.7. The van der Waals surface area contributed by atoms with Crippen LogP contribution in [0.15, 0.2) is 189 Å². The SMILES string of the molecule is CN1C(c2cccc3ccccc23)=Nc2c(oc3ccc4ccccc4c23)C1n1c2c(c3ccccc31)CC(C1=CCC3C(=C1)C(Br)=C(c1cccc4ccccc14)C3(C)C)C=C2. The van der Waals surface area contributed by atoms with Crippen molar-refractivity contribution in [2.45, 2.75) is 32.9 Å².